The monoisotopic (exact) mass is 355 g/mol. The fraction of sp³-hybridized carbons (Fsp3) is 0.562. The number of phenols is 1. The van der Waals surface area contributed by atoms with E-state index in [0.29, 0.717) is 22.9 Å². The van der Waals surface area contributed by atoms with Gasteiger partial charge in [0.1, 0.15) is 5.75 Å². The van der Waals surface area contributed by atoms with Crippen LogP contribution in [0.15, 0.2) is 22.7 Å². The van der Waals surface area contributed by atoms with Crippen LogP contribution in [0.5, 0.6) is 5.75 Å². The van der Waals surface area contributed by atoms with Crippen LogP contribution in [0.3, 0.4) is 0 Å². The highest BCUT2D eigenvalue weighted by Gasteiger charge is 2.36. The molecule has 1 aliphatic rings. The van der Waals surface area contributed by atoms with E-state index in [1.165, 1.54) is 6.07 Å². The number of carbonyl (C=O) groups excluding carboxylic acids is 1. The Morgan fingerprint density at radius 1 is 1.29 bits per heavy atom. The van der Waals surface area contributed by atoms with Gasteiger partial charge in [0, 0.05) is 12.1 Å². The van der Waals surface area contributed by atoms with Gasteiger partial charge in [-0.3, -0.25) is 4.79 Å². The summed E-state index contributed by atoms with van der Waals surface area (Å²) in [4.78, 5) is 12.1. The Labute approximate surface area is 133 Å². The number of aliphatic hydroxyl groups is 1. The van der Waals surface area contributed by atoms with E-state index in [1.807, 2.05) is 0 Å². The van der Waals surface area contributed by atoms with E-state index in [4.69, 9.17) is 0 Å². The van der Waals surface area contributed by atoms with Gasteiger partial charge in [0.25, 0.3) is 5.91 Å². The van der Waals surface area contributed by atoms with Gasteiger partial charge in [0.05, 0.1) is 10.1 Å². The van der Waals surface area contributed by atoms with Crippen LogP contribution < -0.4 is 5.32 Å². The second-order valence-electron chi connectivity index (χ2n) is 6.74. The van der Waals surface area contributed by atoms with E-state index in [2.05, 4.69) is 35.1 Å². The molecule has 1 aliphatic carbocycles. The Morgan fingerprint density at radius 3 is 2.48 bits per heavy atom. The summed E-state index contributed by atoms with van der Waals surface area (Å²) >= 11 is 3.18. The van der Waals surface area contributed by atoms with Crippen LogP contribution in [-0.4, -0.2) is 28.3 Å². The van der Waals surface area contributed by atoms with Gasteiger partial charge >= 0.3 is 0 Å². The minimum Gasteiger partial charge on any atom is -0.507 e. The molecule has 0 saturated heterocycles. The minimum atomic E-state index is -0.817. The van der Waals surface area contributed by atoms with Crippen molar-refractivity contribution in [3.05, 3.63) is 28.2 Å². The SMILES string of the molecule is CC1(C)CCC(O)(CNC(=O)c2ccc(Br)c(O)c2)CC1. The average Bonchev–Trinajstić information content (AvgIpc) is 2.43. The number of nitrogens with one attached hydrogen (secondary N) is 1. The zero-order valence-corrected chi connectivity index (χ0v) is 14.0. The summed E-state index contributed by atoms with van der Waals surface area (Å²) in [7, 11) is 0. The van der Waals surface area contributed by atoms with Crippen molar-refractivity contribution >= 4 is 21.8 Å². The third-order valence-electron chi connectivity index (χ3n) is 4.32. The van der Waals surface area contributed by atoms with Crippen molar-refractivity contribution in [2.24, 2.45) is 5.41 Å². The summed E-state index contributed by atoms with van der Waals surface area (Å²) in [6.45, 7) is 4.66. The summed E-state index contributed by atoms with van der Waals surface area (Å²) in [5.41, 5.74) is -0.161. The Balaban J connectivity index is 1.93. The molecule has 4 nitrogen and oxygen atoms in total. The molecule has 0 bridgehead atoms. The number of phenolic OH excluding ortho intramolecular Hbond substituents is 1. The maximum Gasteiger partial charge on any atom is 0.251 e. The van der Waals surface area contributed by atoms with Gasteiger partial charge in [-0.25, -0.2) is 0 Å². The molecular formula is C16H22BrNO3. The molecule has 1 amide bonds. The topological polar surface area (TPSA) is 69.6 Å². The molecule has 0 aliphatic heterocycles. The lowest BCUT2D eigenvalue weighted by molar-refractivity contribution is -0.0233. The molecule has 5 heteroatoms. The predicted molar refractivity (Wildman–Crippen MR) is 85.3 cm³/mol. The fourth-order valence-corrected chi connectivity index (χ4v) is 2.82. The summed E-state index contributed by atoms with van der Waals surface area (Å²) in [5, 5.41) is 22.9. The van der Waals surface area contributed by atoms with Gasteiger partial charge < -0.3 is 15.5 Å². The highest BCUT2D eigenvalue weighted by molar-refractivity contribution is 9.10. The van der Waals surface area contributed by atoms with Gasteiger partial charge in [-0.2, -0.15) is 0 Å². The molecule has 0 radical (unpaired) electrons. The first kappa shape index (κ1) is 16.3. The van der Waals surface area contributed by atoms with E-state index in [-0.39, 0.29) is 23.6 Å². The van der Waals surface area contributed by atoms with Crippen LogP contribution in [0.25, 0.3) is 0 Å². The van der Waals surface area contributed by atoms with Crippen molar-refractivity contribution in [1.82, 2.24) is 5.32 Å². The zero-order valence-electron chi connectivity index (χ0n) is 12.4. The minimum absolute atomic E-state index is 0.0285. The third kappa shape index (κ3) is 4.20. The molecule has 2 rings (SSSR count). The standard InChI is InChI=1S/C16H22BrNO3/c1-15(2)5-7-16(21,8-6-15)10-18-14(20)11-3-4-12(17)13(19)9-11/h3-4,9,19,21H,5-8,10H2,1-2H3,(H,18,20). The second kappa shape index (κ2) is 5.97. The Bertz CT molecular complexity index is 532. The fourth-order valence-electron chi connectivity index (χ4n) is 2.57. The van der Waals surface area contributed by atoms with Crippen LogP contribution >= 0.6 is 15.9 Å². The lowest BCUT2D eigenvalue weighted by Gasteiger charge is -2.40. The molecule has 0 unspecified atom stereocenters. The predicted octanol–water partition coefficient (Wildman–Crippen LogP) is 3.22. The third-order valence-corrected chi connectivity index (χ3v) is 4.99. The molecule has 3 N–H and O–H groups in total. The highest BCUT2D eigenvalue weighted by Crippen LogP contribution is 2.39. The zero-order chi connectivity index (χ0) is 15.7. The summed E-state index contributed by atoms with van der Waals surface area (Å²) in [6.07, 6.45) is 3.31. The first-order valence-electron chi connectivity index (χ1n) is 7.20. The summed E-state index contributed by atoms with van der Waals surface area (Å²) in [6, 6.07) is 4.67. The number of hydrogen-bond donors (Lipinski definition) is 3. The normalized spacial score (nSPS) is 20.0. The first-order valence-corrected chi connectivity index (χ1v) is 7.99. The van der Waals surface area contributed by atoms with Gasteiger partial charge in [0.15, 0.2) is 0 Å². The van der Waals surface area contributed by atoms with Crippen molar-refractivity contribution in [2.45, 2.75) is 45.1 Å². The molecule has 0 atom stereocenters. The molecule has 1 aromatic rings. The van der Waals surface area contributed by atoms with Crippen molar-refractivity contribution in [2.75, 3.05) is 6.54 Å². The number of benzene rings is 1. The summed E-state index contributed by atoms with van der Waals surface area (Å²) < 4.78 is 0.548. The maximum absolute atomic E-state index is 12.1. The Kier molecular flexibility index (Phi) is 4.63. The van der Waals surface area contributed by atoms with Crippen molar-refractivity contribution in [3.63, 3.8) is 0 Å². The molecule has 1 aromatic carbocycles. The highest BCUT2D eigenvalue weighted by atomic mass is 79.9. The molecule has 0 spiro atoms. The largest absolute Gasteiger partial charge is 0.507 e. The van der Waals surface area contributed by atoms with Gasteiger partial charge in [-0.15, -0.1) is 0 Å². The quantitative estimate of drug-likeness (QED) is 0.779. The van der Waals surface area contributed by atoms with Gasteiger partial charge in [-0.1, -0.05) is 13.8 Å². The van der Waals surface area contributed by atoms with Gasteiger partial charge in [0.2, 0.25) is 0 Å². The molecule has 1 saturated carbocycles. The molecule has 0 heterocycles. The van der Waals surface area contributed by atoms with Crippen LogP contribution in [0, 0.1) is 5.41 Å². The van der Waals surface area contributed by atoms with E-state index in [1.54, 1.807) is 12.1 Å². The number of halogens is 1. The summed E-state index contributed by atoms with van der Waals surface area (Å²) in [5.74, 6) is -0.253. The van der Waals surface area contributed by atoms with Crippen LogP contribution in [-0.2, 0) is 0 Å². The number of rotatable bonds is 3. The maximum atomic E-state index is 12.1. The molecule has 116 valence electrons. The molecule has 1 fully saturated rings. The number of aromatic hydroxyl groups is 1. The Morgan fingerprint density at radius 2 is 1.90 bits per heavy atom. The first-order chi connectivity index (χ1) is 9.71. The lowest BCUT2D eigenvalue weighted by atomic mass is 9.71. The molecule has 21 heavy (non-hydrogen) atoms. The smallest absolute Gasteiger partial charge is 0.251 e. The lowest BCUT2D eigenvalue weighted by Crippen LogP contribution is -2.46. The number of carbonyl (C=O) groups is 1. The van der Waals surface area contributed by atoms with Crippen molar-refractivity contribution in [1.29, 1.82) is 0 Å². The van der Waals surface area contributed by atoms with E-state index in [9.17, 15) is 15.0 Å². The van der Waals surface area contributed by atoms with Crippen LogP contribution in [0.4, 0.5) is 0 Å². The van der Waals surface area contributed by atoms with Crippen molar-refractivity contribution < 1.29 is 15.0 Å². The van der Waals surface area contributed by atoms with Crippen LogP contribution in [0.2, 0.25) is 0 Å². The molecule has 0 aromatic heterocycles. The van der Waals surface area contributed by atoms with Crippen molar-refractivity contribution in [3.8, 4) is 5.75 Å². The number of amides is 1. The Hall–Kier alpha value is -1.07. The van der Waals surface area contributed by atoms with E-state index in [0.717, 1.165) is 12.8 Å². The average molecular weight is 356 g/mol. The molecular weight excluding hydrogens is 334 g/mol. The number of hydrogen-bond acceptors (Lipinski definition) is 3. The van der Waals surface area contributed by atoms with Gasteiger partial charge in [-0.05, 0) is 65.2 Å². The van der Waals surface area contributed by atoms with E-state index >= 15 is 0 Å². The van der Waals surface area contributed by atoms with Crippen LogP contribution in [0.1, 0.15) is 49.9 Å². The van der Waals surface area contributed by atoms with E-state index < -0.39 is 5.60 Å². The second-order valence-corrected chi connectivity index (χ2v) is 7.59.